The van der Waals surface area contributed by atoms with E-state index in [0.717, 1.165) is 32.2 Å². The van der Waals surface area contributed by atoms with E-state index >= 15 is 0 Å². The first kappa shape index (κ1) is 18.9. The maximum absolute atomic E-state index is 13.7. The number of benzene rings is 2. The van der Waals surface area contributed by atoms with Gasteiger partial charge in [0.05, 0.1) is 5.41 Å². The molecule has 146 valence electrons. The summed E-state index contributed by atoms with van der Waals surface area (Å²) >= 11 is 0. The summed E-state index contributed by atoms with van der Waals surface area (Å²) in [7, 11) is 0. The Morgan fingerprint density at radius 2 is 1.64 bits per heavy atom. The highest BCUT2D eigenvalue weighted by molar-refractivity contribution is 5.84. The number of amides is 1. The Hall–Kier alpha value is -2.39. The van der Waals surface area contributed by atoms with Gasteiger partial charge in [-0.25, -0.2) is 0 Å². The van der Waals surface area contributed by atoms with E-state index in [2.05, 4.69) is 65.6 Å². The van der Waals surface area contributed by atoms with Crippen molar-refractivity contribution in [3.63, 3.8) is 0 Å². The van der Waals surface area contributed by atoms with Gasteiger partial charge in [-0.1, -0.05) is 72.8 Å². The summed E-state index contributed by atoms with van der Waals surface area (Å²) in [6, 6.07) is 21.0. The number of rotatable bonds is 5. The van der Waals surface area contributed by atoms with Crippen molar-refractivity contribution < 1.29 is 9.90 Å². The molecule has 1 aliphatic carbocycles. The van der Waals surface area contributed by atoms with E-state index in [1.807, 2.05) is 12.1 Å². The van der Waals surface area contributed by atoms with Gasteiger partial charge in [-0.3, -0.25) is 4.79 Å². The third-order valence-electron chi connectivity index (χ3n) is 6.64. The Bertz CT molecular complexity index is 777. The second kappa shape index (κ2) is 8.32. The highest BCUT2D eigenvalue weighted by atomic mass is 16.3. The summed E-state index contributed by atoms with van der Waals surface area (Å²) in [6.45, 7) is 1.58. The van der Waals surface area contributed by atoms with Gasteiger partial charge in [0.1, 0.15) is 0 Å². The van der Waals surface area contributed by atoms with Gasteiger partial charge in [-0.2, -0.15) is 0 Å². The Balaban J connectivity index is 1.63. The molecular formula is C25H29NO2. The van der Waals surface area contributed by atoms with Crippen LogP contribution in [-0.4, -0.2) is 35.6 Å². The topological polar surface area (TPSA) is 40.5 Å². The van der Waals surface area contributed by atoms with Crippen molar-refractivity contribution in [2.75, 3.05) is 19.7 Å². The van der Waals surface area contributed by atoms with Gasteiger partial charge in [-0.05, 0) is 36.8 Å². The van der Waals surface area contributed by atoms with Gasteiger partial charge in [0.15, 0.2) is 0 Å². The largest absolute Gasteiger partial charge is 0.396 e. The molecule has 28 heavy (non-hydrogen) atoms. The number of likely N-dealkylation sites (tertiary alicyclic amines) is 1. The van der Waals surface area contributed by atoms with Crippen molar-refractivity contribution in [1.29, 1.82) is 0 Å². The molecule has 3 nitrogen and oxygen atoms in total. The van der Waals surface area contributed by atoms with E-state index < -0.39 is 5.41 Å². The molecule has 2 aromatic carbocycles. The van der Waals surface area contributed by atoms with E-state index in [-0.39, 0.29) is 24.3 Å². The molecule has 1 N–H and O–H groups in total. The number of aliphatic hydroxyl groups excluding tert-OH is 1. The first-order valence-electron chi connectivity index (χ1n) is 10.4. The van der Waals surface area contributed by atoms with Crippen LogP contribution in [0.1, 0.15) is 42.7 Å². The first-order valence-corrected chi connectivity index (χ1v) is 10.4. The van der Waals surface area contributed by atoms with Crippen molar-refractivity contribution in [1.82, 2.24) is 4.90 Å². The fourth-order valence-electron chi connectivity index (χ4n) is 5.04. The zero-order valence-corrected chi connectivity index (χ0v) is 16.3. The van der Waals surface area contributed by atoms with Crippen LogP contribution in [0.15, 0.2) is 72.8 Å². The summed E-state index contributed by atoms with van der Waals surface area (Å²) < 4.78 is 0. The van der Waals surface area contributed by atoms with Crippen molar-refractivity contribution in [2.45, 2.75) is 31.6 Å². The molecule has 1 amide bonds. The summed E-state index contributed by atoms with van der Waals surface area (Å²) in [4.78, 5) is 15.7. The molecule has 0 bridgehead atoms. The second-order valence-corrected chi connectivity index (χ2v) is 8.18. The molecule has 1 spiro atoms. The third-order valence-corrected chi connectivity index (χ3v) is 6.64. The second-order valence-electron chi connectivity index (χ2n) is 8.18. The van der Waals surface area contributed by atoms with E-state index in [9.17, 15) is 9.90 Å². The number of allylic oxidation sites excluding steroid dienone is 2. The van der Waals surface area contributed by atoms with Crippen LogP contribution >= 0.6 is 0 Å². The molecule has 2 aromatic rings. The van der Waals surface area contributed by atoms with Crippen molar-refractivity contribution in [2.24, 2.45) is 11.3 Å². The average Bonchev–Trinajstić information content (AvgIpc) is 2.76. The van der Waals surface area contributed by atoms with Crippen LogP contribution in [0, 0.1) is 11.3 Å². The lowest BCUT2D eigenvalue weighted by Gasteiger charge is -2.47. The highest BCUT2D eigenvalue weighted by Gasteiger charge is 2.49. The molecule has 0 aromatic heterocycles. The van der Waals surface area contributed by atoms with E-state index in [0.29, 0.717) is 6.54 Å². The lowest BCUT2D eigenvalue weighted by molar-refractivity contribution is -0.152. The minimum atomic E-state index is -0.417. The van der Waals surface area contributed by atoms with Crippen LogP contribution in [0.3, 0.4) is 0 Å². The number of piperidine rings is 1. The SMILES string of the molecule is O=C1N(CC(c2ccccc2)c2ccccc2)CCC[C@@]12CC=CC[C@H]2CO. The summed E-state index contributed by atoms with van der Waals surface area (Å²) in [5.41, 5.74) is 2.06. The van der Waals surface area contributed by atoms with Gasteiger partial charge in [-0.15, -0.1) is 0 Å². The monoisotopic (exact) mass is 375 g/mol. The maximum Gasteiger partial charge on any atom is 0.229 e. The number of aliphatic hydroxyl groups is 1. The number of carbonyl (C=O) groups excluding carboxylic acids is 1. The maximum atomic E-state index is 13.7. The molecule has 1 saturated heterocycles. The molecule has 1 aliphatic heterocycles. The van der Waals surface area contributed by atoms with Gasteiger partial charge in [0.2, 0.25) is 5.91 Å². The molecule has 0 saturated carbocycles. The van der Waals surface area contributed by atoms with Crippen LogP contribution in [0.4, 0.5) is 0 Å². The van der Waals surface area contributed by atoms with Crippen LogP contribution in [-0.2, 0) is 4.79 Å². The Morgan fingerprint density at radius 1 is 1.00 bits per heavy atom. The summed E-state index contributed by atoms with van der Waals surface area (Å²) in [5, 5.41) is 9.95. The minimum Gasteiger partial charge on any atom is -0.396 e. The average molecular weight is 376 g/mol. The molecule has 2 aliphatic rings. The molecule has 3 heteroatoms. The molecule has 0 unspecified atom stereocenters. The van der Waals surface area contributed by atoms with E-state index in [1.54, 1.807) is 0 Å². The van der Waals surface area contributed by atoms with Gasteiger partial charge < -0.3 is 10.0 Å². The molecule has 0 radical (unpaired) electrons. The van der Waals surface area contributed by atoms with Crippen molar-refractivity contribution >= 4 is 5.91 Å². The molecule has 1 fully saturated rings. The van der Waals surface area contributed by atoms with Gasteiger partial charge in [0, 0.05) is 31.5 Å². The van der Waals surface area contributed by atoms with E-state index in [1.165, 1.54) is 11.1 Å². The quantitative estimate of drug-likeness (QED) is 0.788. The third kappa shape index (κ3) is 3.51. The van der Waals surface area contributed by atoms with E-state index in [4.69, 9.17) is 0 Å². The Morgan fingerprint density at radius 3 is 2.25 bits per heavy atom. The highest BCUT2D eigenvalue weighted by Crippen LogP contribution is 2.46. The first-order chi connectivity index (χ1) is 13.7. The van der Waals surface area contributed by atoms with Crippen LogP contribution in [0.5, 0.6) is 0 Å². The fraction of sp³-hybridized carbons (Fsp3) is 0.400. The number of hydrogen-bond acceptors (Lipinski definition) is 2. The predicted molar refractivity (Wildman–Crippen MR) is 112 cm³/mol. The lowest BCUT2D eigenvalue weighted by Crippen LogP contribution is -2.54. The fourth-order valence-corrected chi connectivity index (χ4v) is 5.04. The normalized spacial score (nSPS) is 24.9. The number of nitrogens with zero attached hydrogens (tertiary/aromatic N) is 1. The lowest BCUT2D eigenvalue weighted by atomic mass is 9.64. The Kier molecular flexibility index (Phi) is 5.63. The molecule has 2 atom stereocenters. The predicted octanol–water partition coefficient (Wildman–Crippen LogP) is 4.39. The van der Waals surface area contributed by atoms with Crippen molar-refractivity contribution in [3.8, 4) is 0 Å². The minimum absolute atomic E-state index is 0.0414. The van der Waals surface area contributed by atoms with Crippen LogP contribution < -0.4 is 0 Å². The van der Waals surface area contributed by atoms with Gasteiger partial charge >= 0.3 is 0 Å². The summed E-state index contributed by atoms with van der Waals surface area (Å²) in [5.74, 6) is 0.437. The zero-order valence-electron chi connectivity index (χ0n) is 16.3. The zero-order chi connectivity index (χ0) is 19.4. The molecule has 4 rings (SSSR count). The molecular weight excluding hydrogens is 346 g/mol. The Labute approximate surface area is 167 Å². The molecule has 1 heterocycles. The summed E-state index contributed by atoms with van der Waals surface area (Å²) in [6.07, 6.45) is 7.71. The number of carbonyl (C=O) groups is 1. The number of hydrogen-bond donors (Lipinski definition) is 1. The van der Waals surface area contributed by atoms with Crippen molar-refractivity contribution in [3.05, 3.63) is 83.9 Å². The smallest absolute Gasteiger partial charge is 0.229 e. The van der Waals surface area contributed by atoms with Crippen LogP contribution in [0.2, 0.25) is 0 Å². The standard InChI is InChI=1S/C25H29NO2/c27-19-22-14-7-8-15-25(22)16-9-17-26(24(25)28)18-23(20-10-3-1-4-11-20)21-12-5-2-6-13-21/h1-8,10-13,22-23,27H,9,14-19H2/t22-,25+/m0/s1. The van der Waals surface area contributed by atoms with Gasteiger partial charge in [0.25, 0.3) is 0 Å². The van der Waals surface area contributed by atoms with Crippen LogP contribution in [0.25, 0.3) is 0 Å².